The van der Waals surface area contributed by atoms with E-state index in [2.05, 4.69) is 64.0 Å². The number of hydrogen-bond acceptors (Lipinski definition) is 4. The van der Waals surface area contributed by atoms with Gasteiger partial charge in [-0.05, 0) is 112 Å². The molecule has 162 valence electrons. The standard InChI is InChI=1S/C26H36N2O2/c1-17-13-19(3)25(15-27-29)21(5)23(17)11-9-7-8-10-12-24-18(2)14-20(4)26(16-28-30)22(24)6/h13-16,29-30H,7-12H2,1-6H3/b27-15+,28-16+. The van der Waals surface area contributed by atoms with Crippen LogP contribution < -0.4 is 0 Å². The molecule has 0 unspecified atom stereocenters. The van der Waals surface area contributed by atoms with Crippen molar-refractivity contribution in [2.75, 3.05) is 0 Å². The molecule has 0 aromatic heterocycles. The molecule has 0 radical (unpaired) electrons. The van der Waals surface area contributed by atoms with E-state index < -0.39 is 0 Å². The number of hydrogen-bond donors (Lipinski definition) is 2. The largest absolute Gasteiger partial charge is 0.411 e. The van der Waals surface area contributed by atoms with Crippen molar-refractivity contribution in [2.45, 2.75) is 80.1 Å². The predicted octanol–water partition coefficient (Wildman–Crippen LogP) is 6.50. The van der Waals surface area contributed by atoms with Crippen molar-refractivity contribution in [3.05, 3.63) is 67.8 Å². The summed E-state index contributed by atoms with van der Waals surface area (Å²) >= 11 is 0. The number of aryl methyl sites for hydroxylation is 4. The van der Waals surface area contributed by atoms with Gasteiger partial charge in [0, 0.05) is 11.1 Å². The highest BCUT2D eigenvalue weighted by Gasteiger charge is 2.11. The summed E-state index contributed by atoms with van der Waals surface area (Å²) < 4.78 is 0. The molecule has 0 spiro atoms. The Kier molecular flexibility index (Phi) is 8.64. The minimum Gasteiger partial charge on any atom is -0.411 e. The lowest BCUT2D eigenvalue weighted by Gasteiger charge is -2.16. The summed E-state index contributed by atoms with van der Waals surface area (Å²) in [6, 6.07) is 4.38. The van der Waals surface area contributed by atoms with Crippen LogP contribution in [0.3, 0.4) is 0 Å². The first-order valence-electron chi connectivity index (χ1n) is 10.9. The van der Waals surface area contributed by atoms with Crippen molar-refractivity contribution >= 4 is 12.4 Å². The van der Waals surface area contributed by atoms with Gasteiger partial charge in [0.05, 0.1) is 12.4 Å². The number of nitrogens with zero attached hydrogens (tertiary/aromatic N) is 2. The molecule has 2 N–H and O–H groups in total. The van der Waals surface area contributed by atoms with Gasteiger partial charge >= 0.3 is 0 Å². The fourth-order valence-electron chi connectivity index (χ4n) is 4.73. The molecule has 0 aliphatic rings. The van der Waals surface area contributed by atoms with E-state index in [1.807, 2.05) is 0 Å². The van der Waals surface area contributed by atoms with E-state index >= 15 is 0 Å². The third-order valence-corrected chi connectivity index (χ3v) is 6.36. The van der Waals surface area contributed by atoms with Crippen LogP contribution in [0.4, 0.5) is 0 Å². The van der Waals surface area contributed by atoms with Crippen molar-refractivity contribution in [1.29, 1.82) is 0 Å². The summed E-state index contributed by atoms with van der Waals surface area (Å²) in [6.45, 7) is 12.7. The zero-order valence-electron chi connectivity index (χ0n) is 19.3. The van der Waals surface area contributed by atoms with Crippen LogP contribution in [0.15, 0.2) is 22.4 Å². The molecule has 0 aliphatic carbocycles. The van der Waals surface area contributed by atoms with Gasteiger partial charge in [-0.1, -0.05) is 35.3 Å². The average molecular weight is 409 g/mol. The second-order valence-corrected chi connectivity index (χ2v) is 8.46. The molecule has 0 bridgehead atoms. The van der Waals surface area contributed by atoms with E-state index in [9.17, 15) is 0 Å². The minimum absolute atomic E-state index is 1.03. The monoisotopic (exact) mass is 408 g/mol. The Bertz CT molecular complexity index is 866. The third kappa shape index (κ3) is 5.50. The molecule has 4 nitrogen and oxygen atoms in total. The van der Waals surface area contributed by atoms with Crippen LogP contribution >= 0.6 is 0 Å². The van der Waals surface area contributed by atoms with E-state index in [0.717, 1.165) is 47.9 Å². The molecule has 0 saturated carbocycles. The van der Waals surface area contributed by atoms with Gasteiger partial charge in [0.25, 0.3) is 0 Å². The lowest BCUT2D eigenvalue weighted by molar-refractivity contribution is 0.321. The Morgan fingerprint density at radius 1 is 0.600 bits per heavy atom. The molecule has 0 amide bonds. The quantitative estimate of drug-likeness (QED) is 0.215. The maximum atomic E-state index is 8.95. The summed E-state index contributed by atoms with van der Waals surface area (Å²) in [7, 11) is 0. The molecule has 2 aromatic carbocycles. The van der Waals surface area contributed by atoms with Crippen molar-refractivity contribution in [1.82, 2.24) is 0 Å². The fourth-order valence-corrected chi connectivity index (χ4v) is 4.73. The number of unbranched alkanes of at least 4 members (excludes halogenated alkanes) is 3. The summed E-state index contributed by atoms with van der Waals surface area (Å²) in [5, 5.41) is 24.4. The summed E-state index contributed by atoms with van der Waals surface area (Å²) in [5.74, 6) is 0. The summed E-state index contributed by atoms with van der Waals surface area (Å²) in [5.41, 5.74) is 12.2. The summed E-state index contributed by atoms with van der Waals surface area (Å²) in [6.07, 6.45) is 9.94. The van der Waals surface area contributed by atoms with Gasteiger partial charge in [-0.15, -0.1) is 0 Å². The minimum atomic E-state index is 1.03. The Balaban J connectivity index is 1.94. The molecule has 0 fully saturated rings. The highest BCUT2D eigenvalue weighted by molar-refractivity contribution is 5.84. The van der Waals surface area contributed by atoms with Gasteiger partial charge in [-0.25, -0.2) is 0 Å². The molecule has 0 saturated heterocycles. The fraction of sp³-hybridized carbons (Fsp3) is 0.462. The Morgan fingerprint density at radius 3 is 1.30 bits per heavy atom. The average Bonchev–Trinajstić information content (AvgIpc) is 2.69. The molecular weight excluding hydrogens is 372 g/mol. The number of rotatable bonds is 9. The van der Waals surface area contributed by atoms with Crippen molar-refractivity contribution in [3.63, 3.8) is 0 Å². The van der Waals surface area contributed by atoms with E-state index in [1.165, 1.54) is 46.2 Å². The normalized spacial score (nSPS) is 11.8. The topological polar surface area (TPSA) is 65.2 Å². The van der Waals surface area contributed by atoms with Crippen LogP contribution in [0, 0.1) is 41.5 Å². The van der Waals surface area contributed by atoms with Gasteiger partial charge in [0.2, 0.25) is 0 Å². The highest BCUT2D eigenvalue weighted by atomic mass is 16.4. The van der Waals surface area contributed by atoms with E-state index in [1.54, 1.807) is 12.4 Å². The van der Waals surface area contributed by atoms with E-state index in [-0.39, 0.29) is 0 Å². The second kappa shape index (κ2) is 11.0. The highest BCUT2D eigenvalue weighted by Crippen LogP contribution is 2.25. The van der Waals surface area contributed by atoms with E-state index in [0.29, 0.717) is 0 Å². The van der Waals surface area contributed by atoms with Crippen LogP contribution in [0.2, 0.25) is 0 Å². The van der Waals surface area contributed by atoms with Gasteiger partial charge in [0.1, 0.15) is 0 Å². The first-order chi connectivity index (χ1) is 14.3. The molecule has 2 aromatic rings. The maximum absolute atomic E-state index is 8.95. The van der Waals surface area contributed by atoms with Crippen molar-refractivity contribution in [3.8, 4) is 0 Å². The van der Waals surface area contributed by atoms with Gasteiger partial charge in [-0.2, -0.15) is 0 Å². The molecule has 0 heterocycles. The second-order valence-electron chi connectivity index (χ2n) is 8.46. The smallest absolute Gasteiger partial charge is 0.0739 e. The van der Waals surface area contributed by atoms with Gasteiger partial charge in [0.15, 0.2) is 0 Å². The lowest BCUT2D eigenvalue weighted by atomic mass is 9.89. The maximum Gasteiger partial charge on any atom is 0.0739 e. The lowest BCUT2D eigenvalue weighted by Crippen LogP contribution is -2.03. The molecule has 0 atom stereocenters. The Morgan fingerprint density at radius 2 is 0.967 bits per heavy atom. The van der Waals surface area contributed by atoms with Gasteiger partial charge < -0.3 is 10.4 Å². The molecule has 2 rings (SSSR count). The summed E-state index contributed by atoms with van der Waals surface area (Å²) in [4.78, 5) is 0. The Hall–Kier alpha value is -2.62. The first-order valence-corrected chi connectivity index (χ1v) is 10.9. The molecule has 4 heteroatoms. The van der Waals surface area contributed by atoms with Crippen LogP contribution in [0.1, 0.15) is 81.3 Å². The van der Waals surface area contributed by atoms with Gasteiger partial charge in [-0.3, -0.25) is 0 Å². The van der Waals surface area contributed by atoms with Crippen molar-refractivity contribution in [2.24, 2.45) is 10.3 Å². The van der Waals surface area contributed by atoms with Crippen LogP contribution in [0.5, 0.6) is 0 Å². The van der Waals surface area contributed by atoms with E-state index in [4.69, 9.17) is 10.4 Å². The Labute approximate surface area is 181 Å². The van der Waals surface area contributed by atoms with Crippen LogP contribution in [0.25, 0.3) is 0 Å². The third-order valence-electron chi connectivity index (χ3n) is 6.36. The van der Waals surface area contributed by atoms with Crippen molar-refractivity contribution < 1.29 is 10.4 Å². The number of benzene rings is 2. The molecule has 30 heavy (non-hydrogen) atoms. The first kappa shape index (κ1) is 23.7. The molecule has 0 aliphatic heterocycles. The zero-order chi connectivity index (χ0) is 22.3. The number of oxime groups is 2. The zero-order valence-corrected chi connectivity index (χ0v) is 19.3. The van der Waals surface area contributed by atoms with Crippen LogP contribution in [-0.4, -0.2) is 22.8 Å². The predicted molar refractivity (Wildman–Crippen MR) is 126 cm³/mol. The molecular formula is C26H36N2O2. The SMILES string of the molecule is Cc1cc(C)c(CCCCCCc2c(C)cc(C)c(/C=N/O)c2C)c(C)c1/C=N/O. The van der Waals surface area contributed by atoms with Crippen LogP contribution in [-0.2, 0) is 12.8 Å².